The molecule has 0 fully saturated rings. The van der Waals surface area contributed by atoms with E-state index in [4.69, 9.17) is 10.2 Å². The standard InChI is InChI=1S/C9H13N5O6/c15-3-1-10-8-6(13(17)18)5-7(14(19)20)9(12-8)11-2-4-16/h5,15-16H,1-4H2,(H2,10,11,12). The van der Waals surface area contributed by atoms with E-state index in [1.807, 2.05) is 0 Å². The van der Waals surface area contributed by atoms with Crippen molar-refractivity contribution in [1.29, 1.82) is 0 Å². The third-order valence-corrected chi connectivity index (χ3v) is 2.18. The third-order valence-electron chi connectivity index (χ3n) is 2.18. The molecule has 0 aromatic carbocycles. The summed E-state index contributed by atoms with van der Waals surface area (Å²) in [6, 6.07) is 0.770. The van der Waals surface area contributed by atoms with Gasteiger partial charge in [-0.15, -0.1) is 0 Å². The highest BCUT2D eigenvalue weighted by atomic mass is 16.6. The van der Waals surface area contributed by atoms with E-state index in [0.29, 0.717) is 0 Å². The van der Waals surface area contributed by atoms with Gasteiger partial charge in [0.1, 0.15) is 6.07 Å². The van der Waals surface area contributed by atoms with Crippen molar-refractivity contribution in [2.75, 3.05) is 36.9 Å². The van der Waals surface area contributed by atoms with Crippen LogP contribution in [0.3, 0.4) is 0 Å². The van der Waals surface area contributed by atoms with Crippen molar-refractivity contribution in [3.63, 3.8) is 0 Å². The Morgan fingerprint density at radius 3 is 1.70 bits per heavy atom. The van der Waals surface area contributed by atoms with E-state index in [9.17, 15) is 20.2 Å². The predicted octanol–water partition coefficient (Wildman–Crippen LogP) is -0.294. The van der Waals surface area contributed by atoms with Crippen molar-refractivity contribution >= 4 is 23.0 Å². The van der Waals surface area contributed by atoms with E-state index in [-0.39, 0.29) is 37.9 Å². The molecule has 0 aliphatic rings. The van der Waals surface area contributed by atoms with Crippen molar-refractivity contribution in [3.05, 3.63) is 26.3 Å². The van der Waals surface area contributed by atoms with Crippen LogP contribution in [0, 0.1) is 20.2 Å². The number of nitrogens with one attached hydrogen (secondary N) is 2. The summed E-state index contributed by atoms with van der Waals surface area (Å²) in [7, 11) is 0. The Kier molecular flexibility index (Phi) is 5.56. The Morgan fingerprint density at radius 1 is 1.00 bits per heavy atom. The number of hydrogen-bond donors (Lipinski definition) is 4. The third kappa shape index (κ3) is 3.73. The molecule has 4 N–H and O–H groups in total. The molecule has 0 saturated carbocycles. The van der Waals surface area contributed by atoms with Crippen LogP contribution in [0.25, 0.3) is 0 Å². The van der Waals surface area contributed by atoms with Crippen LogP contribution in [0.1, 0.15) is 0 Å². The first-order valence-electron chi connectivity index (χ1n) is 5.54. The number of aliphatic hydroxyl groups excluding tert-OH is 2. The van der Waals surface area contributed by atoms with E-state index in [1.54, 1.807) is 0 Å². The van der Waals surface area contributed by atoms with Gasteiger partial charge in [-0.05, 0) is 0 Å². The van der Waals surface area contributed by atoms with Crippen LogP contribution in [0.5, 0.6) is 0 Å². The molecule has 0 spiro atoms. The number of aromatic nitrogens is 1. The molecular formula is C9H13N5O6. The van der Waals surface area contributed by atoms with Gasteiger partial charge in [-0.2, -0.15) is 0 Å². The lowest BCUT2D eigenvalue weighted by atomic mass is 10.3. The summed E-state index contributed by atoms with van der Waals surface area (Å²) in [5.74, 6) is -0.398. The van der Waals surface area contributed by atoms with Crippen LogP contribution in [-0.2, 0) is 0 Å². The maximum absolute atomic E-state index is 10.9. The molecule has 20 heavy (non-hydrogen) atoms. The quantitative estimate of drug-likeness (QED) is 0.371. The van der Waals surface area contributed by atoms with Gasteiger partial charge in [-0.3, -0.25) is 20.2 Å². The fraction of sp³-hybridized carbons (Fsp3) is 0.444. The summed E-state index contributed by atoms with van der Waals surface area (Å²) in [6.45, 7) is -0.555. The van der Waals surface area contributed by atoms with E-state index in [0.717, 1.165) is 6.07 Å². The maximum Gasteiger partial charge on any atom is 0.318 e. The van der Waals surface area contributed by atoms with E-state index in [2.05, 4.69) is 15.6 Å². The van der Waals surface area contributed by atoms with Crippen LogP contribution in [-0.4, -0.2) is 51.3 Å². The van der Waals surface area contributed by atoms with Crippen molar-refractivity contribution in [3.8, 4) is 0 Å². The first-order chi connectivity index (χ1) is 9.51. The van der Waals surface area contributed by atoms with Gasteiger partial charge in [0.25, 0.3) is 0 Å². The van der Waals surface area contributed by atoms with Gasteiger partial charge >= 0.3 is 11.4 Å². The van der Waals surface area contributed by atoms with Crippen LogP contribution < -0.4 is 10.6 Å². The highest BCUT2D eigenvalue weighted by Crippen LogP contribution is 2.32. The Labute approximate surface area is 112 Å². The minimum atomic E-state index is -0.810. The topological polar surface area (TPSA) is 164 Å². The fourth-order valence-corrected chi connectivity index (χ4v) is 1.38. The molecular weight excluding hydrogens is 274 g/mol. The average molecular weight is 287 g/mol. The lowest BCUT2D eigenvalue weighted by Gasteiger charge is -2.09. The number of nitro groups is 2. The SMILES string of the molecule is O=[N+]([O-])c1cc([N+](=O)[O-])c(NCCO)nc1NCCO. The molecule has 0 amide bonds. The number of pyridine rings is 1. The monoisotopic (exact) mass is 287 g/mol. The maximum atomic E-state index is 10.9. The smallest absolute Gasteiger partial charge is 0.318 e. The second-order valence-corrected chi connectivity index (χ2v) is 3.54. The molecule has 11 heteroatoms. The molecule has 110 valence electrons. The van der Waals surface area contributed by atoms with Crippen molar-refractivity contribution in [1.82, 2.24) is 4.98 Å². The van der Waals surface area contributed by atoms with Gasteiger partial charge in [0.2, 0.25) is 11.6 Å². The van der Waals surface area contributed by atoms with E-state index in [1.165, 1.54) is 0 Å². The molecule has 0 atom stereocenters. The van der Waals surface area contributed by atoms with Crippen LogP contribution >= 0.6 is 0 Å². The molecule has 1 aromatic heterocycles. The first kappa shape index (κ1) is 15.5. The zero-order valence-corrected chi connectivity index (χ0v) is 10.3. The lowest BCUT2D eigenvalue weighted by molar-refractivity contribution is -0.393. The Balaban J connectivity index is 3.27. The first-order valence-corrected chi connectivity index (χ1v) is 5.54. The molecule has 0 saturated heterocycles. The number of anilines is 2. The highest BCUT2D eigenvalue weighted by molar-refractivity contribution is 5.69. The fourth-order valence-electron chi connectivity index (χ4n) is 1.38. The van der Waals surface area contributed by atoms with Gasteiger partial charge in [-0.1, -0.05) is 0 Å². The summed E-state index contributed by atoms with van der Waals surface area (Å²) in [5, 5.41) is 44.1. The summed E-state index contributed by atoms with van der Waals surface area (Å²) in [5.41, 5.74) is -1.14. The average Bonchev–Trinajstić information content (AvgIpc) is 2.41. The van der Waals surface area contributed by atoms with Gasteiger partial charge in [0, 0.05) is 13.1 Å². The van der Waals surface area contributed by atoms with E-state index < -0.39 is 21.2 Å². The van der Waals surface area contributed by atoms with Crippen molar-refractivity contribution in [2.24, 2.45) is 0 Å². The molecule has 1 rings (SSSR count). The Morgan fingerprint density at radius 2 is 1.40 bits per heavy atom. The Bertz CT molecular complexity index is 467. The normalized spacial score (nSPS) is 10.1. The second-order valence-electron chi connectivity index (χ2n) is 3.54. The Hall–Kier alpha value is -2.53. The summed E-state index contributed by atoms with van der Waals surface area (Å²) < 4.78 is 0. The molecule has 0 aliphatic heterocycles. The van der Waals surface area contributed by atoms with Crippen molar-refractivity contribution in [2.45, 2.75) is 0 Å². The second kappa shape index (κ2) is 7.16. The lowest BCUT2D eigenvalue weighted by Crippen LogP contribution is -2.13. The molecule has 0 unspecified atom stereocenters. The zero-order valence-electron chi connectivity index (χ0n) is 10.3. The van der Waals surface area contributed by atoms with Gasteiger partial charge in [0.05, 0.1) is 23.1 Å². The zero-order chi connectivity index (χ0) is 15.1. The number of nitrogens with zero attached hydrogens (tertiary/aromatic N) is 3. The summed E-state index contributed by atoms with van der Waals surface area (Å²) >= 11 is 0. The van der Waals surface area contributed by atoms with Gasteiger partial charge in [-0.25, -0.2) is 4.98 Å². The molecule has 11 nitrogen and oxygen atoms in total. The molecule has 0 aliphatic carbocycles. The van der Waals surface area contributed by atoms with E-state index >= 15 is 0 Å². The minimum absolute atomic E-state index is 0.00505. The van der Waals surface area contributed by atoms with Gasteiger partial charge in [0.15, 0.2) is 0 Å². The van der Waals surface area contributed by atoms with Crippen LogP contribution in [0.15, 0.2) is 6.07 Å². The highest BCUT2D eigenvalue weighted by Gasteiger charge is 2.26. The molecule has 0 bridgehead atoms. The minimum Gasteiger partial charge on any atom is -0.395 e. The number of aliphatic hydroxyl groups is 2. The predicted molar refractivity (Wildman–Crippen MR) is 68.7 cm³/mol. The molecule has 1 aromatic rings. The summed E-state index contributed by atoms with van der Waals surface area (Å²) in [4.78, 5) is 23.9. The largest absolute Gasteiger partial charge is 0.395 e. The van der Waals surface area contributed by atoms with Crippen LogP contribution in [0.4, 0.5) is 23.0 Å². The van der Waals surface area contributed by atoms with Crippen molar-refractivity contribution < 1.29 is 20.1 Å². The molecule has 0 radical (unpaired) electrons. The van der Waals surface area contributed by atoms with Crippen LogP contribution in [0.2, 0.25) is 0 Å². The summed E-state index contributed by atoms with van der Waals surface area (Å²) in [6.07, 6.45) is 0. The molecule has 1 heterocycles. The van der Waals surface area contributed by atoms with Gasteiger partial charge < -0.3 is 20.8 Å². The number of hydrogen-bond acceptors (Lipinski definition) is 9. The number of rotatable bonds is 8.